The molecule has 0 saturated heterocycles. The van der Waals surface area contributed by atoms with Crippen molar-refractivity contribution in [2.24, 2.45) is 0 Å². The van der Waals surface area contributed by atoms with Gasteiger partial charge in [-0.3, -0.25) is 0 Å². The standard InChI is InChI=1S/C21H24N2S/c1-2-3-14-21-22-16-19(11-7-12-20-13-8-15-24-20)23(21)17-18-9-5-4-6-10-18/h4-11,13,15-16H,2-3,12,14,17H2,1H3/b11-7-. The molecule has 0 radical (unpaired) electrons. The van der Waals surface area contributed by atoms with Crippen LogP contribution in [0.25, 0.3) is 6.08 Å². The molecule has 24 heavy (non-hydrogen) atoms. The van der Waals surface area contributed by atoms with Crippen LogP contribution in [0.4, 0.5) is 0 Å². The quantitative estimate of drug-likeness (QED) is 0.524. The molecule has 0 fully saturated rings. The van der Waals surface area contributed by atoms with E-state index in [1.54, 1.807) is 0 Å². The summed E-state index contributed by atoms with van der Waals surface area (Å²) in [5, 5.41) is 2.13. The van der Waals surface area contributed by atoms with Crippen molar-refractivity contribution >= 4 is 17.4 Å². The summed E-state index contributed by atoms with van der Waals surface area (Å²) in [6.07, 6.45) is 10.9. The average Bonchev–Trinajstić information content (AvgIpc) is 3.25. The molecule has 0 bridgehead atoms. The van der Waals surface area contributed by atoms with E-state index in [0.29, 0.717) is 0 Å². The molecule has 0 aliphatic heterocycles. The molecule has 0 aliphatic rings. The van der Waals surface area contributed by atoms with Crippen LogP contribution in [0.3, 0.4) is 0 Å². The van der Waals surface area contributed by atoms with E-state index in [0.717, 1.165) is 19.4 Å². The Morgan fingerprint density at radius 3 is 2.75 bits per heavy atom. The summed E-state index contributed by atoms with van der Waals surface area (Å²) >= 11 is 1.81. The first-order valence-corrected chi connectivity index (χ1v) is 9.52. The first-order valence-electron chi connectivity index (χ1n) is 8.64. The van der Waals surface area contributed by atoms with Gasteiger partial charge in [0, 0.05) is 24.3 Å². The largest absolute Gasteiger partial charge is 0.324 e. The van der Waals surface area contributed by atoms with Gasteiger partial charge in [0.2, 0.25) is 0 Å². The Morgan fingerprint density at radius 1 is 1.12 bits per heavy atom. The van der Waals surface area contributed by atoms with E-state index in [9.17, 15) is 0 Å². The third kappa shape index (κ3) is 4.45. The number of hydrogen-bond acceptors (Lipinski definition) is 2. The molecule has 3 rings (SSSR count). The topological polar surface area (TPSA) is 17.8 Å². The van der Waals surface area contributed by atoms with Gasteiger partial charge < -0.3 is 4.57 Å². The summed E-state index contributed by atoms with van der Waals surface area (Å²) in [4.78, 5) is 6.07. The fourth-order valence-electron chi connectivity index (χ4n) is 2.77. The molecule has 0 amide bonds. The van der Waals surface area contributed by atoms with Crippen LogP contribution in [0.1, 0.15) is 41.7 Å². The molecular formula is C21H24N2S. The second-order valence-corrected chi connectivity index (χ2v) is 6.99. The number of hydrogen-bond donors (Lipinski definition) is 0. The normalized spacial score (nSPS) is 11.4. The van der Waals surface area contributed by atoms with Gasteiger partial charge in [0.05, 0.1) is 11.9 Å². The first-order chi connectivity index (χ1) is 11.9. The zero-order valence-corrected chi connectivity index (χ0v) is 15.0. The van der Waals surface area contributed by atoms with E-state index in [-0.39, 0.29) is 0 Å². The minimum atomic E-state index is 0.887. The Bertz CT molecular complexity index is 755. The summed E-state index contributed by atoms with van der Waals surface area (Å²) in [5.74, 6) is 1.19. The Morgan fingerprint density at radius 2 is 2.00 bits per heavy atom. The van der Waals surface area contributed by atoms with E-state index in [4.69, 9.17) is 0 Å². The van der Waals surface area contributed by atoms with Gasteiger partial charge >= 0.3 is 0 Å². The van der Waals surface area contributed by atoms with E-state index in [1.165, 1.54) is 34.8 Å². The number of aryl methyl sites for hydroxylation is 1. The molecule has 2 nitrogen and oxygen atoms in total. The van der Waals surface area contributed by atoms with Gasteiger partial charge in [-0.05, 0) is 29.5 Å². The highest BCUT2D eigenvalue weighted by atomic mass is 32.1. The van der Waals surface area contributed by atoms with Gasteiger partial charge in [-0.25, -0.2) is 4.98 Å². The van der Waals surface area contributed by atoms with Crippen LogP contribution in [-0.4, -0.2) is 9.55 Å². The number of aromatic nitrogens is 2. The molecule has 0 spiro atoms. The zero-order valence-electron chi connectivity index (χ0n) is 14.2. The van der Waals surface area contributed by atoms with Crippen molar-refractivity contribution in [3.8, 4) is 0 Å². The molecule has 1 aromatic carbocycles. The molecule has 0 saturated carbocycles. The predicted octanol–water partition coefficient (Wildman–Crippen LogP) is 5.59. The Hall–Kier alpha value is -2.13. The summed E-state index contributed by atoms with van der Waals surface area (Å²) < 4.78 is 2.36. The van der Waals surface area contributed by atoms with Gasteiger partial charge in [0.1, 0.15) is 5.82 Å². The van der Waals surface area contributed by atoms with Gasteiger partial charge in [0.25, 0.3) is 0 Å². The van der Waals surface area contributed by atoms with Crippen molar-refractivity contribution in [1.29, 1.82) is 0 Å². The van der Waals surface area contributed by atoms with E-state index >= 15 is 0 Å². The van der Waals surface area contributed by atoms with E-state index in [2.05, 4.69) is 76.5 Å². The number of thiophene rings is 1. The van der Waals surface area contributed by atoms with Gasteiger partial charge in [0.15, 0.2) is 0 Å². The third-order valence-electron chi connectivity index (χ3n) is 4.09. The summed E-state index contributed by atoms with van der Waals surface area (Å²) in [6, 6.07) is 14.9. The fourth-order valence-corrected chi connectivity index (χ4v) is 3.45. The van der Waals surface area contributed by atoms with Crippen LogP contribution in [0.5, 0.6) is 0 Å². The lowest BCUT2D eigenvalue weighted by Crippen LogP contribution is -2.07. The van der Waals surface area contributed by atoms with Gasteiger partial charge in [-0.15, -0.1) is 11.3 Å². The number of rotatable bonds is 8. The maximum atomic E-state index is 4.68. The van der Waals surface area contributed by atoms with Crippen LogP contribution >= 0.6 is 11.3 Å². The van der Waals surface area contributed by atoms with Crippen LogP contribution in [0, 0.1) is 0 Å². The van der Waals surface area contributed by atoms with Crippen LogP contribution in [0.15, 0.2) is 60.1 Å². The van der Waals surface area contributed by atoms with Crippen molar-refractivity contribution in [3.05, 3.63) is 82.1 Å². The molecule has 0 atom stereocenters. The van der Waals surface area contributed by atoms with E-state index in [1.807, 2.05) is 17.5 Å². The molecular weight excluding hydrogens is 312 g/mol. The molecule has 124 valence electrons. The molecule has 0 N–H and O–H groups in total. The number of unbranched alkanes of at least 4 members (excludes halogenated alkanes) is 1. The Balaban J connectivity index is 1.79. The molecule has 0 aliphatic carbocycles. The minimum Gasteiger partial charge on any atom is -0.324 e. The Kier molecular flexibility index (Phi) is 6.02. The maximum absolute atomic E-state index is 4.68. The molecule has 3 aromatic rings. The number of allylic oxidation sites excluding steroid dienone is 1. The maximum Gasteiger partial charge on any atom is 0.109 e. The van der Waals surface area contributed by atoms with Gasteiger partial charge in [-0.2, -0.15) is 0 Å². The monoisotopic (exact) mass is 336 g/mol. The fraction of sp³-hybridized carbons (Fsp3) is 0.286. The second-order valence-electron chi connectivity index (χ2n) is 5.96. The highest BCUT2D eigenvalue weighted by molar-refractivity contribution is 7.09. The van der Waals surface area contributed by atoms with Crippen LogP contribution < -0.4 is 0 Å². The summed E-state index contributed by atoms with van der Waals surface area (Å²) in [6.45, 7) is 3.12. The lowest BCUT2D eigenvalue weighted by molar-refractivity contribution is 0.675. The summed E-state index contributed by atoms with van der Waals surface area (Å²) in [5.41, 5.74) is 2.52. The third-order valence-corrected chi connectivity index (χ3v) is 4.99. The van der Waals surface area contributed by atoms with Crippen molar-refractivity contribution in [3.63, 3.8) is 0 Å². The predicted molar refractivity (Wildman–Crippen MR) is 103 cm³/mol. The smallest absolute Gasteiger partial charge is 0.109 e. The van der Waals surface area contributed by atoms with Crippen LogP contribution in [0.2, 0.25) is 0 Å². The van der Waals surface area contributed by atoms with Crippen molar-refractivity contribution < 1.29 is 0 Å². The Labute approximate surface area is 148 Å². The lowest BCUT2D eigenvalue weighted by atomic mass is 10.2. The van der Waals surface area contributed by atoms with E-state index < -0.39 is 0 Å². The zero-order chi connectivity index (χ0) is 16.6. The first kappa shape index (κ1) is 16.7. The molecule has 0 unspecified atom stereocenters. The van der Waals surface area contributed by atoms with Crippen LogP contribution in [-0.2, 0) is 19.4 Å². The number of benzene rings is 1. The highest BCUT2D eigenvalue weighted by Gasteiger charge is 2.08. The minimum absolute atomic E-state index is 0.887. The number of imidazole rings is 1. The lowest BCUT2D eigenvalue weighted by Gasteiger charge is -2.10. The van der Waals surface area contributed by atoms with Crippen molar-refractivity contribution in [2.45, 2.75) is 39.2 Å². The second kappa shape index (κ2) is 8.65. The molecule has 2 heterocycles. The SMILES string of the molecule is CCCCc1ncc(/C=C\Cc2cccs2)n1Cc1ccccc1. The highest BCUT2D eigenvalue weighted by Crippen LogP contribution is 2.15. The average molecular weight is 337 g/mol. The van der Waals surface area contributed by atoms with Gasteiger partial charge in [-0.1, -0.05) is 55.8 Å². The van der Waals surface area contributed by atoms with Crippen molar-refractivity contribution in [2.75, 3.05) is 0 Å². The molecule has 3 heteroatoms. The summed E-state index contributed by atoms with van der Waals surface area (Å²) in [7, 11) is 0. The number of nitrogens with zero attached hydrogens (tertiary/aromatic N) is 2. The van der Waals surface area contributed by atoms with Crippen molar-refractivity contribution in [1.82, 2.24) is 9.55 Å². The molecule has 2 aromatic heterocycles.